The molecular formula is C15H26N6O2. The molecule has 1 N–H and O–H groups in total. The predicted octanol–water partition coefficient (Wildman–Crippen LogP) is 0.341. The normalized spacial score (nSPS) is 27.8. The summed E-state index contributed by atoms with van der Waals surface area (Å²) >= 11 is 0. The van der Waals surface area contributed by atoms with Crippen LogP contribution in [0.3, 0.4) is 0 Å². The van der Waals surface area contributed by atoms with Crippen molar-refractivity contribution in [3.63, 3.8) is 0 Å². The molecule has 2 atom stereocenters. The highest BCUT2D eigenvalue weighted by atomic mass is 16.5. The second kappa shape index (κ2) is 7.35. The minimum Gasteiger partial charge on any atom is -0.383 e. The molecule has 1 amide bonds. The molecule has 1 aromatic heterocycles. The van der Waals surface area contributed by atoms with Crippen molar-refractivity contribution < 1.29 is 9.53 Å². The molecule has 2 aliphatic rings. The summed E-state index contributed by atoms with van der Waals surface area (Å²) in [6.45, 7) is 3.66. The lowest BCUT2D eigenvalue weighted by atomic mass is 9.81. The number of hydrogen-bond acceptors (Lipinski definition) is 6. The van der Waals surface area contributed by atoms with Crippen LogP contribution in [-0.2, 0) is 22.6 Å². The number of nitrogens with zero attached hydrogens (tertiary/aromatic N) is 5. The van der Waals surface area contributed by atoms with Gasteiger partial charge in [-0.25, -0.2) is 4.68 Å². The third kappa shape index (κ3) is 3.87. The Hall–Kier alpha value is -1.54. The number of ether oxygens (including phenoxy) is 1. The van der Waals surface area contributed by atoms with Crippen LogP contribution in [0.25, 0.3) is 0 Å². The van der Waals surface area contributed by atoms with Crippen molar-refractivity contribution in [1.29, 1.82) is 0 Å². The van der Waals surface area contributed by atoms with E-state index in [1.54, 1.807) is 14.0 Å². The average Bonchev–Trinajstić information content (AvgIpc) is 2.92. The highest BCUT2D eigenvalue weighted by molar-refractivity contribution is 5.73. The summed E-state index contributed by atoms with van der Waals surface area (Å²) in [7, 11) is 1.68. The highest BCUT2D eigenvalue weighted by Crippen LogP contribution is 2.34. The van der Waals surface area contributed by atoms with Gasteiger partial charge >= 0.3 is 0 Å². The Balaban J connectivity index is 1.66. The van der Waals surface area contributed by atoms with E-state index in [2.05, 4.69) is 25.7 Å². The van der Waals surface area contributed by atoms with Crippen LogP contribution in [0.15, 0.2) is 0 Å². The molecule has 23 heavy (non-hydrogen) atoms. The first-order valence-corrected chi connectivity index (χ1v) is 8.44. The number of piperidine rings is 2. The average molecular weight is 322 g/mol. The Bertz CT molecular complexity index is 520. The Morgan fingerprint density at radius 3 is 2.74 bits per heavy atom. The molecule has 1 aromatic rings. The molecule has 0 spiro atoms. The number of carbonyl (C=O) groups excluding carboxylic acids is 1. The van der Waals surface area contributed by atoms with Crippen molar-refractivity contribution in [3.8, 4) is 0 Å². The number of aromatic nitrogens is 4. The number of methoxy groups -OCH3 is 1. The molecule has 8 nitrogen and oxygen atoms in total. The zero-order valence-electron chi connectivity index (χ0n) is 13.9. The summed E-state index contributed by atoms with van der Waals surface area (Å²) in [5.74, 6) is 0.974. The Morgan fingerprint density at radius 1 is 1.35 bits per heavy atom. The van der Waals surface area contributed by atoms with Gasteiger partial charge in [-0.05, 0) is 36.1 Å². The SMILES string of the molecule is COCCn1nnnc1CN1[C@@H]2CCC[C@@H]1CC(NC(C)=O)C2. The number of rotatable bonds is 6. The lowest BCUT2D eigenvalue weighted by Crippen LogP contribution is -2.56. The van der Waals surface area contributed by atoms with Gasteiger partial charge in [0, 0.05) is 32.2 Å². The van der Waals surface area contributed by atoms with Crippen LogP contribution in [0, 0.1) is 0 Å². The molecule has 0 radical (unpaired) electrons. The van der Waals surface area contributed by atoms with Gasteiger partial charge in [0.2, 0.25) is 5.91 Å². The molecule has 0 aliphatic carbocycles. The first kappa shape index (κ1) is 16.3. The van der Waals surface area contributed by atoms with Gasteiger partial charge in [-0.2, -0.15) is 0 Å². The Morgan fingerprint density at radius 2 is 2.09 bits per heavy atom. The molecule has 2 fully saturated rings. The summed E-state index contributed by atoms with van der Waals surface area (Å²) in [6.07, 6.45) is 5.69. The quantitative estimate of drug-likeness (QED) is 0.813. The minimum absolute atomic E-state index is 0.0741. The molecule has 0 aromatic carbocycles. The van der Waals surface area contributed by atoms with E-state index in [9.17, 15) is 4.79 Å². The highest BCUT2D eigenvalue weighted by Gasteiger charge is 2.39. The maximum absolute atomic E-state index is 11.3. The topological polar surface area (TPSA) is 85.2 Å². The zero-order chi connectivity index (χ0) is 16.2. The van der Waals surface area contributed by atoms with Gasteiger partial charge in [0.15, 0.2) is 5.82 Å². The van der Waals surface area contributed by atoms with Crippen LogP contribution >= 0.6 is 0 Å². The van der Waals surface area contributed by atoms with Crippen LogP contribution in [0.2, 0.25) is 0 Å². The fraction of sp³-hybridized carbons (Fsp3) is 0.867. The van der Waals surface area contributed by atoms with Gasteiger partial charge in [-0.3, -0.25) is 9.69 Å². The Kier molecular flexibility index (Phi) is 5.22. The fourth-order valence-corrected chi connectivity index (χ4v) is 3.99. The number of nitrogens with one attached hydrogen (secondary N) is 1. The second-order valence-corrected chi connectivity index (χ2v) is 6.59. The summed E-state index contributed by atoms with van der Waals surface area (Å²) in [5, 5.41) is 15.2. The van der Waals surface area contributed by atoms with Crippen LogP contribution in [-0.4, -0.2) is 62.9 Å². The molecule has 2 saturated heterocycles. The molecule has 2 bridgehead atoms. The lowest BCUT2D eigenvalue weighted by Gasteiger charge is -2.48. The summed E-state index contributed by atoms with van der Waals surface area (Å²) < 4.78 is 6.95. The maximum atomic E-state index is 11.3. The minimum atomic E-state index is 0.0741. The summed E-state index contributed by atoms with van der Waals surface area (Å²) in [6, 6.07) is 1.32. The van der Waals surface area contributed by atoms with E-state index in [4.69, 9.17) is 4.74 Å². The third-order valence-electron chi connectivity index (χ3n) is 4.97. The summed E-state index contributed by atoms with van der Waals surface area (Å²) in [4.78, 5) is 13.9. The molecule has 3 rings (SSSR count). The van der Waals surface area contributed by atoms with Gasteiger partial charge in [0.25, 0.3) is 0 Å². The zero-order valence-corrected chi connectivity index (χ0v) is 13.9. The first-order chi connectivity index (χ1) is 11.2. The van der Waals surface area contributed by atoms with Crippen molar-refractivity contribution in [3.05, 3.63) is 5.82 Å². The Labute approximate surface area is 136 Å². The van der Waals surface area contributed by atoms with Gasteiger partial charge < -0.3 is 10.1 Å². The molecular weight excluding hydrogens is 296 g/mol. The molecule has 128 valence electrons. The van der Waals surface area contributed by atoms with Gasteiger partial charge in [-0.1, -0.05) is 6.42 Å². The van der Waals surface area contributed by atoms with Crippen molar-refractivity contribution in [2.75, 3.05) is 13.7 Å². The van der Waals surface area contributed by atoms with Crippen LogP contribution < -0.4 is 5.32 Å². The van der Waals surface area contributed by atoms with Gasteiger partial charge in [0.05, 0.1) is 19.7 Å². The second-order valence-electron chi connectivity index (χ2n) is 6.59. The fourth-order valence-electron chi connectivity index (χ4n) is 3.99. The number of carbonyl (C=O) groups is 1. The number of fused-ring (bicyclic) bond motifs is 2. The van der Waals surface area contributed by atoms with E-state index in [-0.39, 0.29) is 5.91 Å². The van der Waals surface area contributed by atoms with E-state index in [1.807, 2.05) is 4.68 Å². The smallest absolute Gasteiger partial charge is 0.217 e. The van der Waals surface area contributed by atoms with Crippen molar-refractivity contribution in [2.45, 2.75) is 70.2 Å². The standard InChI is InChI=1S/C15H26N6O2/c1-11(22)16-12-8-13-4-3-5-14(9-12)20(13)10-15-17-18-19-21(15)6-7-23-2/h12-14H,3-10H2,1-2H3,(H,16,22)/t13-,14-/m1/s1. The van der Waals surface area contributed by atoms with E-state index in [0.717, 1.165) is 25.2 Å². The van der Waals surface area contributed by atoms with E-state index in [1.165, 1.54) is 19.3 Å². The van der Waals surface area contributed by atoms with Crippen LogP contribution in [0.4, 0.5) is 0 Å². The van der Waals surface area contributed by atoms with Crippen LogP contribution in [0.1, 0.15) is 44.9 Å². The first-order valence-electron chi connectivity index (χ1n) is 8.44. The monoisotopic (exact) mass is 322 g/mol. The van der Waals surface area contributed by atoms with Crippen molar-refractivity contribution in [2.24, 2.45) is 0 Å². The predicted molar refractivity (Wildman–Crippen MR) is 83.5 cm³/mol. The third-order valence-corrected chi connectivity index (χ3v) is 4.97. The largest absolute Gasteiger partial charge is 0.383 e. The van der Waals surface area contributed by atoms with E-state index in [0.29, 0.717) is 31.3 Å². The lowest BCUT2D eigenvalue weighted by molar-refractivity contribution is -0.120. The molecule has 0 saturated carbocycles. The van der Waals surface area contributed by atoms with Crippen molar-refractivity contribution >= 4 is 5.91 Å². The van der Waals surface area contributed by atoms with Crippen molar-refractivity contribution in [1.82, 2.24) is 30.4 Å². The number of amides is 1. The maximum Gasteiger partial charge on any atom is 0.217 e. The molecule has 3 heterocycles. The number of hydrogen-bond donors (Lipinski definition) is 1. The van der Waals surface area contributed by atoms with Gasteiger partial charge in [0.1, 0.15) is 0 Å². The summed E-state index contributed by atoms with van der Waals surface area (Å²) in [5.41, 5.74) is 0. The van der Waals surface area contributed by atoms with E-state index >= 15 is 0 Å². The van der Waals surface area contributed by atoms with E-state index < -0.39 is 0 Å². The molecule has 0 unspecified atom stereocenters. The molecule has 2 aliphatic heterocycles. The van der Waals surface area contributed by atoms with Crippen LogP contribution in [0.5, 0.6) is 0 Å². The molecule has 8 heteroatoms. The number of tetrazole rings is 1. The van der Waals surface area contributed by atoms with Gasteiger partial charge in [-0.15, -0.1) is 5.10 Å².